The molecule has 2 N–H and O–H groups in total. The third-order valence-corrected chi connectivity index (χ3v) is 4.07. The van der Waals surface area contributed by atoms with Crippen molar-refractivity contribution in [1.29, 1.82) is 0 Å². The van der Waals surface area contributed by atoms with Crippen LogP contribution < -0.4 is 17.0 Å². The maximum atomic E-state index is 12.9. The van der Waals surface area contributed by atoms with Crippen molar-refractivity contribution in [3.8, 4) is 0 Å². The van der Waals surface area contributed by atoms with Crippen LogP contribution in [0.2, 0.25) is 0 Å². The molecule has 0 saturated heterocycles. The van der Waals surface area contributed by atoms with Gasteiger partial charge in [-0.05, 0) is 37.6 Å². The van der Waals surface area contributed by atoms with Crippen LogP contribution in [-0.4, -0.2) is 24.1 Å². The molecule has 0 aromatic carbocycles. The van der Waals surface area contributed by atoms with Crippen LogP contribution in [-0.2, 0) is 19.6 Å². The highest BCUT2D eigenvalue weighted by atomic mass is 35.5. The summed E-state index contributed by atoms with van der Waals surface area (Å²) in [4.78, 5) is 37.7. The fraction of sp³-hybridized carbons (Fsp3) is 0.278. The molecule has 142 valence electrons. The molecule has 3 aromatic heterocycles. The van der Waals surface area contributed by atoms with E-state index in [-0.39, 0.29) is 31.1 Å². The zero-order chi connectivity index (χ0) is 18.7. The normalized spacial score (nSPS) is 10.5. The largest absolute Gasteiger partial charge is 0.331 e. The van der Waals surface area contributed by atoms with Gasteiger partial charge in [0.05, 0.1) is 24.5 Å². The number of aromatic nitrogens is 5. The van der Waals surface area contributed by atoms with Gasteiger partial charge in [-0.3, -0.25) is 18.9 Å². The van der Waals surface area contributed by atoms with E-state index in [1.807, 2.05) is 19.1 Å². The lowest BCUT2D eigenvalue weighted by atomic mass is 10.2. The van der Waals surface area contributed by atoms with Crippen LogP contribution >= 0.6 is 12.4 Å². The number of nitrogens with two attached hydrogens (primary N) is 1. The number of pyridine rings is 1. The predicted molar refractivity (Wildman–Crippen MR) is 104 cm³/mol. The molecule has 0 bridgehead atoms. The molecule has 0 atom stereocenters. The first-order valence-electron chi connectivity index (χ1n) is 8.20. The van der Waals surface area contributed by atoms with Crippen LogP contribution in [0.15, 0.2) is 46.4 Å². The first-order chi connectivity index (χ1) is 12.5. The third-order valence-electron chi connectivity index (χ3n) is 4.07. The van der Waals surface area contributed by atoms with Crippen LogP contribution in [0, 0.1) is 13.8 Å². The average Bonchev–Trinajstić information content (AvgIpc) is 2.62. The van der Waals surface area contributed by atoms with Gasteiger partial charge < -0.3 is 5.73 Å². The monoisotopic (exact) mass is 388 g/mol. The average molecular weight is 389 g/mol. The molecule has 0 aliphatic carbocycles. The first kappa shape index (κ1) is 20.5. The zero-order valence-corrected chi connectivity index (χ0v) is 15.9. The molecule has 0 radical (unpaired) electrons. The van der Waals surface area contributed by atoms with Gasteiger partial charge in [-0.25, -0.2) is 14.8 Å². The first-order valence-corrected chi connectivity index (χ1v) is 8.20. The molecule has 0 fully saturated rings. The lowest BCUT2D eigenvalue weighted by Crippen LogP contribution is -2.41. The number of halogens is 1. The Morgan fingerprint density at radius 3 is 2.44 bits per heavy atom. The van der Waals surface area contributed by atoms with Gasteiger partial charge >= 0.3 is 5.69 Å². The van der Waals surface area contributed by atoms with Crippen molar-refractivity contribution in [3.63, 3.8) is 0 Å². The van der Waals surface area contributed by atoms with Crippen molar-refractivity contribution in [3.05, 3.63) is 86.0 Å². The molecule has 0 unspecified atom stereocenters. The van der Waals surface area contributed by atoms with Crippen LogP contribution in [0.3, 0.4) is 0 Å². The molecule has 0 aliphatic rings. The molecule has 27 heavy (non-hydrogen) atoms. The van der Waals surface area contributed by atoms with E-state index in [0.29, 0.717) is 23.6 Å². The summed E-state index contributed by atoms with van der Waals surface area (Å²) >= 11 is 0. The molecular formula is C18H21ClN6O2. The van der Waals surface area contributed by atoms with Gasteiger partial charge in [0.1, 0.15) is 6.33 Å². The van der Waals surface area contributed by atoms with Crippen molar-refractivity contribution >= 4 is 12.4 Å². The van der Waals surface area contributed by atoms with E-state index < -0.39 is 5.69 Å². The number of aryl methyl sites for hydroxylation is 2. The Bertz CT molecular complexity index is 1050. The maximum absolute atomic E-state index is 12.9. The summed E-state index contributed by atoms with van der Waals surface area (Å²) < 4.78 is 2.69. The fourth-order valence-electron chi connectivity index (χ4n) is 2.81. The lowest BCUT2D eigenvalue weighted by Gasteiger charge is -2.13. The number of nitrogens with zero attached hydrogens (tertiary/aromatic N) is 5. The van der Waals surface area contributed by atoms with Crippen LogP contribution in [0.4, 0.5) is 0 Å². The standard InChI is InChI=1S/C18H20N6O2.ClH/c1-12-5-14(8-19)7-16(22-12)10-24-17(25)6-13(2)23(18(24)26)9-15-3-4-20-11-21-15;/h3-7,11H,8-10,19H2,1-2H3;1H. The molecule has 3 heterocycles. The van der Waals surface area contributed by atoms with Gasteiger partial charge in [-0.2, -0.15) is 0 Å². The van der Waals surface area contributed by atoms with E-state index in [0.717, 1.165) is 11.3 Å². The van der Waals surface area contributed by atoms with Gasteiger partial charge in [0, 0.05) is 30.2 Å². The summed E-state index contributed by atoms with van der Waals surface area (Å²) in [6.07, 6.45) is 3.04. The highest BCUT2D eigenvalue weighted by Gasteiger charge is 2.11. The summed E-state index contributed by atoms with van der Waals surface area (Å²) in [6.45, 7) is 4.32. The van der Waals surface area contributed by atoms with E-state index in [4.69, 9.17) is 5.73 Å². The Balaban J connectivity index is 0.00000261. The van der Waals surface area contributed by atoms with E-state index >= 15 is 0 Å². The fourth-order valence-corrected chi connectivity index (χ4v) is 2.81. The molecule has 3 rings (SSSR count). The summed E-state index contributed by atoms with van der Waals surface area (Å²) in [7, 11) is 0. The SMILES string of the molecule is Cc1cc(CN)cc(Cn2c(=O)cc(C)n(Cc3ccncn3)c2=O)n1.Cl. The summed E-state index contributed by atoms with van der Waals surface area (Å²) in [5.41, 5.74) is 8.54. The van der Waals surface area contributed by atoms with Crippen molar-refractivity contribution in [2.24, 2.45) is 5.73 Å². The quantitative estimate of drug-likeness (QED) is 0.692. The summed E-state index contributed by atoms with van der Waals surface area (Å²) in [6, 6.07) is 6.88. The smallest absolute Gasteiger partial charge is 0.326 e. The minimum Gasteiger partial charge on any atom is -0.326 e. The topological polar surface area (TPSA) is 109 Å². The highest BCUT2D eigenvalue weighted by Crippen LogP contribution is 2.06. The molecular weight excluding hydrogens is 368 g/mol. The Kier molecular flexibility index (Phi) is 6.59. The van der Waals surface area contributed by atoms with Crippen LogP contribution in [0.1, 0.15) is 28.3 Å². The highest BCUT2D eigenvalue weighted by molar-refractivity contribution is 5.85. The van der Waals surface area contributed by atoms with Crippen molar-refractivity contribution in [2.45, 2.75) is 33.5 Å². The van der Waals surface area contributed by atoms with Crippen molar-refractivity contribution < 1.29 is 0 Å². The summed E-state index contributed by atoms with van der Waals surface area (Å²) in [5, 5.41) is 0. The van der Waals surface area contributed by atoms with Crippen LogP contribution in [0.25, 0.3) is 0 Å². The molecule has 0 aliphatic heterocycles. The molecule has 9 heteroatoms. The van der Waals surface area contributed by atoms with E-state index in [9.17, 15) is 9.59 Å². The molecule has 8 nitrogen and oxygen atoms in total. The van der Waals surface area contributed by atoms with Gasteiger partial charge in [0.2, 0.25) is 0 Å². The third kappa shape index (κ3) is 4.66. The Labute approximate surface area is 162 Å². The minimum atomic E-state index is -0.397. The molecule has 3 aromatic rings. The van der Waals surface area contributed by atoms with Gasteiger partial charge in [-0.1, -0.05) is 0 Å². The predicted octanol–water partition coefficient (Wildman–Crippen LogP) is 0.789. The van der Waals surface area contributed by atoms with Gasteiger partial charge in [0.15, 0.2) is 0 Å². The van der Waals surface area contributed by atoms with Gasteiger partial charge in [0.25, 0.3) is 5.56 Å². The van der Waals surface area contributed by atoms with Crippen LogP contribution in [0.5, 0.6) is 0 Å². The number of hydrogen-bond donors (Lipinski definition) is 1. The Hall–Kier alpha value is -2.84. The lowest BCUT2D eigenvalue weighted by molar-refractivity contribution is 0.586. The second-order valence-electron chi connectivity index (χ2n) is 6.09. The summed E-state index contributed by atoms with van der Waals surface area (Å²) in [5.74, 6) is 0. The van der Waals surface area contributed by atoms with Crippen molar-refractivity contribution in [2.75, 3.05) is 0 Å². The maximum Gasteiger partial charge on any atom is 0.331 e. The number of rotatable bonds is 5. The van der Waals surface area contributed by atoms with E-state index in [2.05, 4.69) is 15.0 Å². The van der Waals surface area contributed by atoms with Crippen molar-refractivity contribution in [1.82, 2.24) is 24.1 Å². The second-order valence-corrected chi connectivity index (χ2v) is 6.09. The molecule has 0 saturated carbocycles. The Morgan fingerprint density at radius 2 is 1.78 bits per heavy atom. The zero-order valence-electron chi connectivity index (χ0n) is 15.1. The second kappa shape index (κ2) is 8.70. The molecule has 0 amide bonds. The van der Waals surface area contributed by atoms with E-state index in [1.165, 1.54) is 21.5 Å². The Morgan fingerprint density at radius 1 is 1.04 bits per heavy atom. The van der Waals surface area contributed by atoms with E-state index in [1.54, 1.807) is 19.2 Å². The molecule has 0 spiro atoms. The minimum absolute atomic E-state index is 0. The number of hydrogen-bond acceptors (Lipinski definition) is 6. The van der Waals surface area contributed by atoms with Gasteiger partial charge in [-0.15, -0.1) is 12.4 Å².